The van der Waals surface area contributed by atoms with Gasteiger partial charge in [0.1, 0.15) is 11.4 Å². The van der Waals surface area contributed by atoms with Crippen molar-refractivity contribution in [3.05, 3.63) is 69.6 Å². The maximum atomic E-state index is 12.2. The summed E-state index contributed by atoms with van der Waals surface area (Å²) < 4.78 is 14.5. The molecule has 0 radical (unpaired) electrons. The minimum absolute atomic E-state index is 0.0404. The predicted molar refractivity (Wildman–Crippen MR) is 139 cm³/mol. The number of carboxylic acid groups (broad SMARTS) is 2. The van der Waals surface area contributed by atoms with Crippen LogP contribution >= 0.6 is 11.6 Å². The summed E-state index contributed by atoms with van der Waals surface area (Å²) in [6, 6.07) is 11.0. The number of aryl methyl sites for hydroxylation is 3. The van der Waals surface area contributed by atoms with Gasteiger partial charge in [0, 0.05) is 42.7 Å². The van der Waals surface area contributed by atoms with Gasteiger partial charge in [0.05, 0.1) is 36.6 Å². The zero-order valence-corrected chi connectivity index (χ0v) is 21.8. The summed E-state index contributed by atoms with van der Waals surface area (Å²) in [7, 11) is 5.09. The van der Waals surface area contributed by atoms with Gasteiger partial charge in [-0.05, 0) is 42.7 Å². The number of hydrogen-bond donors (Lipinski definition) is 2. The van der Waals surface area contributed by atoms with Crippen molar-refractivity contribution in [3.63, 3.8) is 0 Å². The molecule has 0 amide bonds. The molecule has 2 N–H and O–H groups in total. The molecule has 4 rings (SSSR count). The molecule has 0 bridgehead atoms. The van der Waals surface area contributed by atoms with Gasteiger partial charge < -0.3 is 24.3 Å². The third kappa shape index (κ3) is 5.05. The van der Waals surface area contributed by atoms with Gasteiger partial charge in [-0.1, -0.05) is 29.8 Å². The first-order valence-corrected chi connectivity index (χ1v) is 12.0. The number of hydrogen-bond acceptors (Lipinski definition) is 5. The lowest BCUT2D eigenvalue weighted by Crippen LogP contribution is -2.09. The molecule has 0 aliphatic rings. The van der Waals surface area contributed by atoms with Crippen LogP contribution < -0.4 is 4.74 Å². The third-order valence-electron chi connectivity index (χ3n) is 6.52. The number of rotatable bonds is 10. The van der Waals surface area contributed by atoms with E-state index >= 15 is 0 Å². The van der Waals surface area contributed by atoms with E-state index in [9.17, 15) is 19.8 Å². The molecule has 9 nitrogen and oxygen atoms in total. The standard InChI is InChI=1S/C27H28ClN3O6/c1-15-23(21(29-31(15)3)14-37-13-16-5-7-17(36-4)8-6-16)24-20(28)11-9-18-19(10-12-22(32)33)26(27(34)35)30(2)25(18)24/h5-9,11H,10,12-14H2,1-4H3,(H,32,33)(H,34,35). The maximum absolute atomic E-state index is 12.2. The van der Waals surface area contributed by atoms with Crippen molar-refractivity contribution in [2.24, 2.45) is 14.1 Å². The van der Waals surface area contributed by atoms with Gasteiger partial charge in [0.15, 0.2) is 0 Å². The summed E-state index contributed by atoms with van der Waals surface area (Å²) in [4.78, 5) is 23.5. The number of nitrogens with zero attached hydrogens (tertiary/aromatic N) is 3. The zero-order valence-electron chi connectivity index (χ0n) is 21.0. The predicted octanol–water partition coefficient (Wildman–Crippen LogP) is 4.98. The number of ether oxygens (including phenoxy) is 2. The van der Waals surface area contributed by atoms with Crippen LogP contribution in [-0.2, 0) is 43.3 Å². The van der Waals surface area contributed by atoms with E-state index in [2.05, 4.69) is 5.10 Å². The van der Waals surface area contributed by atoms with E-state index < -0.39 is 11.9 Å². The lowest BCUT2D eigenvalue weighted by molar-refractivity contribution is -0.136. The largest absolute Gasteiger partial charge is 0.497 e. The Bertz CT molecular complexity index is 1490. The van der Waals surface area contributed by atoms with E-state index in [1.165, 1.54) is 0 Å². The van der Waals surface area contributed by atoms with E-state index in [0.29, 0.717) is 39.4 Å². The fourth-order valence-electron chi connectivity index (χ4n) is 4.69. The molecule has 2 heterocycles. The van der Waals surface area contributed by atoms with E-state index in [4.69, 9.17) is 21.1 Å². The van der Waals surface area contributed by atoms with Crippen LogP contribution in [0.15, 0.2) is 36.4 Å². The third-order valence-corrected chi connectivity index (χ3v) is 6.84. The lowest BCUT2D eigenvalue weighted by atomic mass is 9.98. The van der Waals surface area contributed by atoms with Gasteiger partial charge >= 0.3 is 11.9 Å². The van der Waals surface area contributed by atoms with Crippen LogP contribution in [0.4, 0.5) is 0 Å². The van der Waals surface area contributed by atoms with Crippen LogP contribution in [0.25, 0.3) is 22.0 Å². The highest BCUT2D eigenvalue weighted by Crippen LogP contribution is 2.42. The number of aliphatic carboxylic acids is 1. The topological polar surface area (TPSA) is 116 Å². The normalized spacial score (nSPS) is 11.3. The molecule has 194 valence electrons. The molecular weight excluding hydrogens is 498 g/mol. The Kier molecular flexibility index (Phi) is 7.56. The van der Waals surface area contributed by atoms with Crippen LogP contribution in [0.1, 0.15) is 39.4 Å². The molecule has 37 heavy (non-hydrogen) atoms. The summed E-state index contributed by atoms with van der Waals surface area (Å²) >= 11 is 6.75. The molecule has 10 heteroatoms. The second-order valence-electron chi connectivity index (χ2n) is 8.78. The van der Waals surface area contributed by atoms with Gasteiger partial charge in [0.2, 0.25) is 0 Å². The van der Waals surface area contributed by atoms with Gasteiger partial charge in [-0.15, -0.1) is 0 Å². The second-order valence-corrected chi connectivity index (χ2v) is 9.18. The number of aromatic nitrogens is 3. The molecule has 0 aliphatic heterocycles. The van der Waals surface area contributed by atoms with Crippen molar-refractivity contribution in [1.29, 1.82) is 0 Å². The van der Waals surface area contributed by atoms with Crippen LogP contribution in [0.3, 0.4) is 0 Å². The Morgan fingerprint density at radius 1 is 1.03 bits per heavy atom. The van der Waals surface area contributed by atoms with Crippen LogP contribution in [-0.4, -0.2) is 43.6 Å². The molecule has 0 unspecified atom stereocenters. The van der Waals surface area contributed by atoms with Crippen LogP contribution in [0.5, 0.6) is 5.75 Å². The van der Waals surface area contributed by atoms with Gasteiger partial charge in [-0.25, -0.2) is 4.79 Å². The first kappa shape index (κ1) is 26.2. The highest BCUT2D eigenvalue weighted by atomic mass is 35.5. The number of carbonyl (C=O) groups is 2. The second kappa shape index (κ2) is 10.7. The number of benzene rings is 2. The molecule has 0 atom stereocenters. The van der Waals surface area contributed by atoms with Gasteiger partial charge in [0.25, 0.3) is 0 Å². The monoisotopic (exact) mass is 525 g/mol. The summed E-state index contributed by atoms with van der Waals surface area (Å²) in [5.41, 5.74) is 4.98. The molecule has 2 aromatic heterocycles. The van der Waals surface area contributed by atoms with Gasteiger partial charge in [-0.3, -0.25) is 9.48 Å². The Morgan fingerprint density at radius 2 is 1.73 bits per heavy atom. The number of fused-ring (bicyclic) bond motifs is 1. The van der Waals surface area contributed by atoms with E-state index in [0.717, 1.165) is 22.6 Å². The highest BCUT2D eigenvalue weighted by Gasteiger charge is 2.27. The lowest BCUT2D eigenvalue weighted by Gasteiger charge is -2.12. The average molecular weight is 526 g/mol. The van der Waals surface area contributed by atoms with Crippen molar-refractivity contribution in [2.75, 3.05) is 7.11 Å². The smallest absolute Gasteiger partial charge is 0.352 e. The molecule has 4 aromatic rings. The Hall–Kier alpha value is -3.82. The van der Waals surface area contributed by atoms with Crippen molar-refractivity contribution < 1.29 is 29.3 Å². The fourth-order valence-corrected chi connectivity index (χ4v) is 4.93. The maximum Gasteiger partial charge on any atom is 0.352 e. The van der Waals surface area contributed by atoms with Crippen molar-refractivity contribution in [3.8, 4) is 16.9 Å². The first-order chi connectivity index (χ1) is 17.6. The summed E-state index contributed by atoms with van der Waals surface area (Å²) in [5.74, 6) is -1.37. The van der Waals surface area contributed by atoms with Crippen molar-refractivity contribution in [2.45, 2.75) is 33.0 Å². The Morgan fingerprint density at radius 3 is 2.35 bits per heavy atom. The van der Waals surface area contributed by atoms with Gasteiger partial charge in [-0.2, -0.15) is 5.10 Å². The zero-order chi connectivity index (χ0) is 26.9. The van der Waals surface area contributed by atoms with Crippen molar-refractivity contribution in [1.82, 2.24) is 14.3 Å². The van der Waals surface area contributed by atoms with Crippen LogP contribution in [0.2, 0.25) is 5.02 Å². The fraction of sp³-hybridized carbons (Fsp3) is 0.296. The quantitative estimate of drug-likeness (QED) is 0.300. The van der Waals surface area contributed by atoms with E-state index in [-0.39, 0.29) is 25.1 Å². The average Bonchev–Trinajstić information content (AvgIpc) is 3.30. The number of aromatic carboxylic acids is 1. The number of halogens is 1. The molecule has 0 saturated heterocycles. The molecule has 0 aliphatic carbocycles. The highest BCUT2D eigenvalue weighted by molar-refractivity contribution is 6.35. The number of carboxylic acids is 2. The first-order valence-electron chi connectivity index (χ1n) is 11.6. The molecule has 0 spiro atoms. The van der Waals surface area contributed by atoms with E-state index in [1.807, 2.05) is 38.2 Å². The summed E-state index contributed by atoms with van der Waals surface area (Å²) in [5, 5.41) is 24.9. The molecule has 0 fully saturated rings. The number of methoxy groups -OCH3 is 1. The minimum atomic E-state index is -1.13. The molecular formula is C27H28ClN3O6. The SMILES string of the molecule is COc1ccc(COCc2nn(C)c(C)c2-c2c(Cl)ccc3c(CCC(=O)O)c(C(=O)O)n(C)c23)cc1. The van der Waals surface area contributed by atoms with Crippen LogP contribution in [0, 0.1) is 6.92 Å². The van der Waals surface area contributed by atoms with Crippen molar-refractivity contribution >= 4 is 34.4 Å². The van der Waals surface area contributed by atoms with E-state index in [1.54, 1.807) is 35.5 Å². The Balaban J connectivity index is 1.79. The molecule has 0 saturated carbocycles. The molecule has 2 aromatic carbocycles. The minimum Gasteiger partial charge on any atom is -0.497 e. The summed E-state index contributed by atoms with van der Waals surface area (Å²) in [6.45, 7) is 2.48. The summed E-state index contributed by atoms with van der Waals surface area (Å²) in [6.07, 6.45) is -0.104. The Labute approximate surface area is 218 Å².